The molecule has 0 atom stereocenters. The van der Waals surface area contributed by atoms with Crippen molar-refractivity contribution in [1.29, 1.82) is 0 Å². The SMILES string of the molecule is O=c1ccnc(SCc2c(F)ccc(Br)c2F)[nH]1. The average Bonchev–Trinajstić information content (AvgIpc) is 2.34. The normalized spacial score (nSPS) is 10.6. The minimum atomic E-state index is -0.638. The molecule has 1 N–H and O–H groups in total. The molecule has 2 rings (SSSR count). The number of thioether (sulfide) groups is 1. The minimum Gasteiger partial charge on any atom is -0.301 e. The van der Waals surface area contributed by atoms with Crippen LogP contribution in [0.3, 0.4) is 0 Å². The fourth-order valence-electron chi connectivity index (χ4n) is 1.27. The number of rotatable bonds is 3. The fraction of sp³-hybridized carbons (Fsp3) is 0.0909. The van der Waals surface area contributed by atoms with E-state index in [4.69, 9.17) is 0 Å². The molecule has 94 valence electrons. The summed E-state index contributed by atoms with van der Waals surface area (Å²) in [6.45, 7) is 0. The lowest BCUT2D eigenvalue weighted by molar-refractivity contribution is 0.562. The Kier molecular flexibility index (Phi) is 4.13. The van der Waals surface area contributed by atoms with Gasteiger partial charge in [0.25, 0.3) is 5.56 Å². The van der Waals surface area contributed by atoms with Gasteiger partial charge in [0.05, 0.1) is 4.47 Å². The summed E-state index contributed by atoms with van der Waals surface area (Å²) >= 11 is 4.05. The van der Waals surface area contributed by atoms with Crippen LogP contribution in [0.4, 0.5) is 8.78 Å². The van der Waals surface area contributed by atoms with Gasteiger partial charge in [-0.05, 0) is 28.1 Å². The monoisotopic (exact) mass is 332 g/mol. The van der Waals surface area contributed by atoms with Gasteiger partial charge in [-0.2, -0.15) is 0 Å². The topological polar surface area (TPSA) is 45.8 Å². The second-order valence-electron chi connectivity index (χ2n) is 3.35. The number of H-pyrrole nitrogens is 1. The van der Waals surface area contributed by atoms with E-state index in [2.05, 4.69) is 25.9 Å². The van der Waals surface area contributed by atoms with Gasteiger partial charge in [0.1, 0.15) is 11.6 Å². The Morgan fingerprint density at radius 2 is 2.11 bits per heavy atom. The molecule has 18 heavy (non-hydrogen) atoms. The summed E-state index contributed by atoms with van der Waals surface area (Å²) in [6.07, 6.45) is 1.34. The standard InChI is InChI=1S/C11H7BrF2N2OS/c12-7-1-2-8(13)6(10(7)14)5-18-11-15-4-3-9(17)16-11/h1-4H,5H2,(H,15,16,17). The van der Waals surface area contributed by atoms with E-state index < -0.39 is 11.6 Å². The van der Waals surface area contributed by atoms with E-state index in [9.17, 15) is 13.6 Å². The third kappa shape index (κ3) is 2.97. The highest BCUT2D eigenvalue weighted by Gasteiger charge is 2.13. The van der Waals surface area contributed by atoms with E-state index in [-0.39, 0.29) is 21.3 Å². The van der Waals surface area contributed by atoms with Crippen LogP contribution in [0.1, 0.15) is 5.56 Å². The van der Waals surface area contributed by atoms with E-state index in [1.807, 2.05) is 0 Å². The largest absolute Gasteiger partial charge is 0.301 e. The highest BCUT2D eigenvalue weighted by Crippen LogP contribution is 2.26. The zero-order valence-corrected chi connectivity index (χ0v) is 11.3. The Morgan fingerprint density at radius 3 is 2.83 bits per heavy atom. The molecule has 0 aliphatic rings. The zero-order chi connectivity index (χ0) is 13.1. The molecular weight excluding hydrogens is 326 g/mol. The van der Waals surface area contributed by atoms with Gasteiger partial charge in [-0.3, -0.25) is 4.79 Å². The summed E-state index contributed by atoms with van der Waals surface area (Å²) in [6, 6.07) is 3.76. The summed E-state index contributed by atoms with van der Waals surface area (Å²) in [7, 11) is 0. The van der Waals surface area contributed by atoms with Gasteiger partial charge in [0, 0.05) is 23.6 Å². The molecule has 0 aliphatic carbocycles. The molecule has 0 spiro atoms. The number of hydrogen-bond donors (Lipinski definition) is 1. The van der Waals surface area contributed by atoms with E-state index >= 15 is 0 Å². The maximum Gasteiger partial charge on any atom is 0.251 e. The van der Waals surface area contributed by atoms with Crippen LogP contribution < -0.4 is 5.56 Å². The number of aromatic amines is 1. The molecule has 0 saturated carbocycles. The molecule has 2 aromatic rings. The molecule has 0 saturated heterocycles. The van der Waals surface area contributed by atoms with Crippen LogP contribution in [-0.2, 0) is 5.75 Å². The predicted molar refractivity (Wildman–Crippen MR) is 68.5 cm³/mol. The second kappa shape index (κ2) is 5.62. The molecule has 0 fully saturated rings. The summed E-state index contributed by atoms with van der Waals surface area (Å²) < 4.78 is 27.3. The van der Waals surface area contributed by atoms with Crippen LogP contribution in [0.25, 0.3) is 0 Å². The molecule has 1 aromatic carbocycles. The lowest BCUT2D eigenvalue weighted by atomic mass is 10.2. The maximum atomic E-state index is 13.7. The first-order valence-corrected chi connectivity index (χ1v) is 6.66. The number of hydrogen-bond acceptors (Lipinski definition) is 3. The second-order valence-corrected chi connectivity index (χ2v) is 5.17. The summed E-state index contributed by atoms with van der Waals surface area (Å²) in [5, 5.41) is 0.321. The first-order valence-electron chi connectivity index (χ1n) is 4.88. The summed E-state index contributed by atoms with van der Waals surface area (Å²) in [5.41, 5.74) is -0.358. The summed E-state index contributed by atoms with van der Waals surface area (Å²) in [5.74, 6) is -1.22. The number of nitrogens with zero attached hydrogens (tertiary/aromatic N) is 1. The molecular formula is C11H7BrF2N2OS. The molecule has 1 aromatic heterocycles. The van der Waals surface area contributed by atoms with Gasteiger partial charge in [-0.15, -0.1) is 0 Å². The number of benzene rings is 1. The smallest absolute Gasteiger partial charge is 0.251 e. The molecule has 3 nitrogen and oxygen atoms in total. The number of halogens is 3. The first-order chi connectivity index (χ1) is 8.58. The van der Waals surface area contributed by atoms with Gasteiger partial charge >= 0.3 is 0 Å². The lowest BCUT2D eigenvalue weighted by Gasteiger charge is -2.05. The van der Waals surface area contributed by atoms with Gasteiger partial charge in [0.15, 0.2) is 5.16 Å². The predicted octanol–water partition coefficient (Wildman–Crippen LogP) is 3.10. The van der Waals surface area contributed by atoms with Crippen LogP contribution in [0.15, 0.2) is 38.8 Å². The Bertz CT molecular complexity index is 633. The van der Waals surface area contributed by atoms with E-state index in [1.54, 1.807) is 0 Å². The maximum absolute atomic E-state index is 13.7. The third-order valence-corrected chi connectivity index (χ3v) is 3.67. The summed E-state index contributed by atoms with van der Waals surface area (Å²) in [4.78, 5) is 17.4. The Balaban J connectivity index is 2.21. The van der Waals surface area contributed by atoms with Crippen molar-refractivity contribution < 1.29 is 8.78 Å². The molecule has 0 amide bonds. The van der Waals surface area contributed by atoms with Gasteiger partial charge in [-0.25, -0.2) is 13.8 Å². The van der Waals surface area contributed by atoms with Crippen LogP contribution in [0, 0.1) is 11.6 Å². The number of aromatic nitrogens is 2. The average molecular weight is 333 g/mol. The fourth-order valence-corrected chi connectivity index (χ4v) is 2.49. The van der Waals surface area contributed by atoms with Crippen LogP contribution in [0.5, 0.6) is 0 Å². The minimum absolute atomic E-state index is 0.0457. The van der Waals surface area contributed by atoms with Gasteiger partial charge in [-0.1, -0.05) is 11.8 Å². The quantitative estimate of drug-likeness (QED) is 0.533. The number of nitrogens with one attached hydrogen (secondary N) is 1. The van der Waals surface area contributed by atoms with Crippen molar-refractivity contribution in [3.8, 4) is 0 Å². The van der Waals surface area contributed by atoms with E-state index in [0.717, 1.165) is 11.8 Å². The highest BCUT2D eigenvalue weighted by atomic mass is 79.9. The third-order valence-electron chi connectivity index (χ3n) is 2.14. The van der Waals surface area contributed by atoms with Crippen molar-refractivity contribution in [2.45, 2.75) is 10.9 Å². The van der Waals surface area contributed by atoms with Gasteiger partial charge < -0.3 is 4.98 Å². The molecule has 7 heteroatoms. The zero-order valence-electron chi connectivity index (χ0n) is 8.91. The van der Waals surface area contributed by atoms with Crippen molar-refractivity contribution in [1.82, 2.24) is 9.97 Å². The molecule has 0 aliphatic heterocycles. The Morgan fingerprint density at radius 1 is 1.33 bits per heavy atom. The molecule has 0 unspecified atom stereocenters. The highest BCUT2D eigenvalue weighted by molar-refractivity contribution is 9.10. The van der Waals surface area contributed by atoms with Crippen LogP contribution >= 0.6 is 27.7 Å². The Hall–Kier alpha value is -1.21. The molecule has 0 bridgehead atoms. The van der Waals surface area contributed by atoms with Crippen molar-refractivity contribution in [2.75, 3.05) is 0 Å². The van der Waals surface area contributed by atoms with Crippen LogP contribution in [0.2, 0.25) is 0 Å². The first kappa shape index (κ1) is 13.2. The van der Waals surface area contributed by atoms with Crippen molar-refractivity contribution in [2.24, 2.45) is 0 Å². The van der Waals surface area contributed by atoms with Crippen molar-refractivity contribution in [3.05, 3.63) is 56.4 Å². The van der Waals surface area contributed by atoms with E-state index in [0.29, 0.717) is 5.16 Å². The van der Waals surface area contributed by atoms with E-state index in [1.165, 1.54) is 24.4 Å². The molecule has 1 heterocycles. The lowest BCUT2D eigenvalue weighted by Crippen LogP contribution is -2.05. The van der Waals surface area contributed by atoms with Crippen LogP contribution in [-0.4, -0.2) is 9.97 Å². The van der Waals surface area contributed by atoms with Crippen molar-refractivity contribution >= 4 is 27.7 Å². The molecule has 0 radical (unpaired) electrons. The van der Waals surface area contributed by atoms with Gasteiger partial charge in [0.2, 0.25) is 0 Å². The Labute approximate surface area is 114 Å². The van der Waals surface area contributed by atoms with Crippen molar-refractivity contribution in [3.63, 3.8) is 0 Å².